The predicted octanol–water partition coefficient (Wildman–Crippen LogP) is 3.17. The Morgan fingerprint density at radius 2 is 2.11 bits per heavy atom. The molecule has 0 radical (unpaired) electrons. The van der Waals surface area contributed by atoms with Gasteiger partial charge in [-0.1, -0.05) is 0 Å². The molecule has 1 aromatic heterocycles. The van der Waals surface area contributed by atoms with Gasteiger partial charge in [0.15, 0.2) is 5.13 Å². The van der Waals surface area contributed by atoms with Gasteiger partial charge in [0.25, 0.3) is 0 Å². The second kappa shape index (κ2) is 5.01. The smallest absolute Gasteiger partial charge is 0.229 e. The van der Waals surface area contributed by atoms with E-state index in [1.54, 1.807) is 7.11 Å². The first-order valence-electron chi connectivity index (χ1n) is 6.17. The Morgan fingerprint density at radius 1 is 1.37 bits per heavy atom. The quantitative estimate of drug-likeness (QED) is 0.931. The molecule has 0 spiro atoms. The number of hydrogen-bond acceptors (Lipinski definition) is 4. The van der Waals surface area contributed by atoms with Crippen molar-refractivity contribution < 1.29 is 9.53 Å². The van der Waals surface area contributed by atoms with Crippen molar-refractivity contribution in [2.75, 3.05) is 12.4 Å². The van der Waals surface area contributed by atoms with E-state index in [0.29, 0.717) is 5.13 Å². The fourth-order valence-corrected chi connectivity index (χ4v) is 2.50. The summed E-state index contributed by atoms with van der Waals surface area (Å²) in [5, 5.41) is 5.48. The zero-order chi connectivity index (χ0) is 13.2. The van der Waals surface area contributed by atoms with Crippen LogP contribution in [0.1, 0.15) is 12.8 Å². The van der Waals surface area contributed by atoms with Crippen molar-refractivity contribution in [2.45, 2.75) is 12.8 Å². The number of amides is 1. The summed E-state index contributed by atoms with van der Waals surface area (Å²) in [5.74, 6) is 1.12. The summed E-state index contributed by atoms with van der Waals surface area (Å²) >= 11 is 1.45. The van der Waals surface area contributed by atoms with Crippen LogP contribution in [-0.4, -0.2) is 18.0 Å². The van der Waals surface area contributed by atoms with Gasteiger partial charge in [-0.3, -0.25) is 4.79 Å². The first kappa shape index (κ1) is 12.2. The van der Waals surface area contributed by atoms with Gasteiger partial charge in [0.1, 0.15) is 5.75 Å². The van der Waals surface area contributed by atoms with Gasteiger partial charge >= 0.3 is 0 Å². The van der Waals surface area contributed by atoms with Gasteiger partial charge in [-0.15, -0.1) is 11.3 Å². The SMILES string of the molecule is COc1ccc(-c2csc(NC(=O)C3CC3)n2)cc1. The molecule has 0 atom stereocenters. The normalized spacial score (nSPS) is 14.2. The third-order valence-corrected chi connectivity index (χ3v) is 3.83. The van der Waals surface area contributed by atoms with Gasteiger partial charge in [-0.25, -0.2) is 4.98 Å². The number of benzene rings is 1. The summed E-state index contributed by atoms with van der Waals surface area (Å²) in [6, 6.07) is 7.72. The molecule has 19 heavy (non-hydrogen) atoms. The van der Waals surface area contributed by atoms with Crippen molar-refractivity contribution >= 4 is 22.4 Å². The van der Waals surface area contributed by atoms with Crippen LogP contribution in [0.4, 0.5) is 5.13 Å². The number of anilines is 1. The van der Waals surface area contributed by atoms with Crippen LogP contribution in [0.15, 0.2) is 29.6 Å². The molecule has 1 aliphatic carbocycles. The number of aromatic nitrogens is 1. The lowest BCUT2D eigenvalue weighted by atomic mass is 10.2. The van der Waals surface area contributed by atoms with Crippen molar-refractivity contribution in [3.05, 3.63) is 29.6 Å². The van der Waals surface area contributed by atoms with Crippen molar-refractivity contribution in [3.63, 3.8) is 0 Å². The molecule has 0 bridgehead atoms. The maximum atomic E-state index is 11.6. The minimum Gasteiger partial charge on any atom is -0.497 e. The number of carbonyl (C=O) groups excluding carboxylic acids is 1. The van der Waals surface area contributed by atoms with Crippen molar-refractivity contribution in [1.29, 1.82) is 0 Å². The molecule has 1 fully saturated rings. The van der Waals surface area contributed by atoms with E-state index in [2.05, 4.69) is 10.3 Å². The number of hydrogen-bond donors (Lipinski definition) is 1. The highest BCUT2D eigenvalue weighted by molar-refractivity contribution is 7.14. The number of methoxy groups -OCH3 is 1. The number of nitrogens with one attached hydrogen (secondary N) is 1. The number of rotatable bonds is 4. The van der Waals surface area contributed by atoms with Gasteiger partial charge in [-0.05, 0) is 37.1 Å². The van der Waals surface area contributed by atoms with Crippen LogP contribution in [-0.2, 0) is 4.79 Å². The summed E-state index contributed by atoms with van der Waals surface area (Å²) in [6.07, 6.45) is 2.01. The largest absolute Gasteiger partial charge is 0.497 e. The van der Waals surface area contributed by atoms with Gasteiger partial charge in [0.05, 0.1) is 12.8 Å². The molecule has 1 amide bonds. The van der Waals surface area contributed by atoms with E-state index in [0.717, 1.165) is 29.8 Å². The number of carbonyl (C=O) groups is 1. The third kappa shape index (κ3) is 2.76. The van der Waals surface area contributed by atoms with Gasteiger partial charge < -0.3 is 10.1 Å². The highest BCUT2D eigenvalue weighted by Crippen LogP contribution is 2.31. The molecule has 5 heteroatoms. The van der Waals surface area contributed by atoms with E-state index >= 15 is 0 Å². The lowest BCUT2D eigenvalue weighted by Crippen LogP contribution is -2.12. The Hall–Kier alpha value is -1.88. The Kier molecular flexibility index (Phi) is 3.21. The molecule has 3 rings (SSSR count). The molecule has 1 heterocycles. The average molecular weight is 274 g/mol. The monoisotopic (exact) mass is 274 g/mol. The molecule has 0 saturated heterocycles. The molecular formula is C14H14N2O2S. The Morgan fingerprint density at radius 3 is 2.74 bits per heavy atom. The first-order valence-corrected chi connectivity index (χ1v) is 7.05. The molecule has 1 aromatic carbocycles. The van der Waals surface area contributed by atoms with Gasteiger partial charge in [0, 0.05) is 16.9 Å². The van der Waals surface area contributed by atoms with Crippen LogP contribution < -0.4 is 10.1 Å². The van der Waals surface area contributed by atoms with Crippen LogP contribution in [0.5, 0.6) is 5.75 Å². The molecule has 0 aliphatic heterocycles. The van der Waals surface area contributed by atoms with Crippen molar-refractivity contribution in [3.8, 4) is 17.0 Å². The molecule has 2 aromatic rings. The average Bonchev–Trinajstić information content (AvgIpc) is 3.20. The summed E-state index contributed by atoms with van der Waals surface area (Å²) in [5.41, 5.74) is 1.89. The van der Waals surface area contributed by atoms with E-state index in [9.17, 15) is 4.79 Å². The fraction of sp³-hybridized carbons (Fsp3) is 0.286. The highest BCUT2D eigenvalue weighted by atomic mass is 32.1. The summed E-state index contributed by atoms with van der Waals surface area (Å²) < 4.78 is 5.12. The summed E-state index contributed by atoms with van der Waals surface area (Å²) in [6.45, 7) is 0. The Bertz CT molecular complexity index is 588. The number of nitrogens with zero attached hydrogens (tertiary/aromatic N) is 1. The predicted molar refractivity (Wildman–Crippen MR) is 75.5 cm³/mol. The number of ether oxygens (including phenoxy) is 1. The molecule has 0 unspecified atom stereocenters. The van der Waals surface area contributed by atoms with Gasteiger partial charge in [-0.2, -0.15) is 0 Å². The molecule has 4 nitrogen and oxygen atoms in total. The standard InChI is InChI=1S/C14H14N2O2S/c1-18-11-6-4-9(5-7-11)12-8-19-14(15-12)16-13(17)10-2-3-10/h4-8,10H,2-3H2,1H3,(H,15,16,17). The maximum absolute atomic E-state index is 11.6. The second-order valence-electron chi connectivity index (χ2n) is 4.53. The van der Waals surface area contributed by atoms with Crippen LogP contribution >= 0.6 is 11.3 Å². The lowest BCUT2D eigenvalue weighted by molar-refractivity contribution is -0.117. The molecular weight excluding hydrogens is 260 g/mol. The zero-order valence-corrected chi connectivity index (χ0v) is 11.4. The zero-order valence-electron chi connectivity index (χ0n) is 10.6. The second-order valence-corrected chi connectivity index (χ2v) is 5.39. The maximum Gasteiger partial charge on any atom is 0.229 e. The molecule has 98 valence electrons. The van der Waals surface area contributed by atoms with Crippen LogP contribution in [0.25, 0.3) is 11.3 Å². The minimum atomic E-state index is 0.0932. The fourth-order valence-electron chi connectivity index (χ4n) is 1.78. The van der Waals surface area contributed by atoms with Crippen molar-refractivity contribution in [2.24, 2.45) is 5.92 Å². The topological polar surface area (TPSA) is 51.2 Å². The highest BCUT2D eigenvalue weighted by Gasteiger charge is 2.30. The Balaban J connectivity index is 1.73. The first-order chi connectivity index (χ1) is 9.26. The lowest BCUT2D eigenvalue weighted by Gasteiger charge is -2.01. The summed E-state index contributed by atoms with van der Waals surface area (Å²) in [4.78, 5) is 16.1. The molecule has 1 saturated carbocycles. The minimum absolute atomic E-state index is 0.0932. The van der Waals surface area contributed by atoms with E-state index in [-0.39, 0.29) is 11.8 Å². The van der Waals surface area contributed by atoms with E-state index < -0.39 is 0 Å². The number of thiazole rings is 1. The van der Waals surface area contributed by atoms with Gasteiger partial charge in [0.2, 0.25) is 5.91 Å². The molecule has 1 aliphatic rings. The van der Waals surface area contributed by atoms with Crippen LogP contribution in [0.3, 0.4) is 0 Å². The third-order valence-electron chi connectivity index (χ3n) is 3.07. The van der Waals surface area contributed by atoms with Crippen molar-refractivity contribution in [1.82, 2.24) is 4.98 Å². The van der Waals surface area contributed by atoms with E-state index in [1.165, 1.54) is 11.3 Å². The summed E-state index contributed by atoms with van der Waals surface area (Å²) in [7, 11) is 1.64. The van der Waals surface area contributed by atoms with E-state index in [4.69, 9.17) is 4.74 Å². The molecule has 1 N–H and O–H groups in total. The van der Waals surface area contributed by atoms with Crippen LogP contribution in [0.2, 0.25) is 0 Å². The van der Waals surface area contributed by atoms with E-state index in [1.807, 2.05) is 29.6 Å². The Labute approximate surface area is 115 Å². The van der Waals surface area contributed by atoms with Crippen LogP contribution in [0, 0.1) is 5.92 Å².